The van der Waals surface area contributed by atoms with Gasteiger partial charge in [-0.25, -0.2) is 9.37 Å². The van der Waals surface area contributed by atoms with Crippen LogP contribution in [0.5, 0.6) is 5.75 Å². The molecule has 0 bridgehead atoms. The van der Waals surface area contributed by atoms with Crippen LogP contribution in [-0.4, -0.2) is 29.6 Å². The molecule has 1 atom stereocenters. The van der Waals surface area contributed by atoms with E-state index in [1.165, 1.54) is 12.1 Å². The van der Waals surface area contributed by atoms with Gasteiger partial charge in [0.05, 0.1) is 12.3 Å². The summed E-state index contributed by atoms with van der Waals surface area (Å²) in [6.07, 6.45) is 4.01. The normalized spacial score (nSPS) is 19.3. The van der Waals surface area contributed by atoms with E-state index in [1.807, 2.05) is 6.92 Å². The Morgan fingerprint density at radius 3 is 3.14 bits per heavy atom. The molecule has 2 aromatic rings. The number of nitrogens with zero attached hydrogens (tertiary/aromatic N) is 2. The van der Waals surface area contributed by atoms with E-state index in [0.29, 0.717) is 24.2 Å². The van der Waals surface area contributed by atoms with Crippen LogP contribution in [0.1, 0.15) is 24.4 Å². The van der Waals surface area contributed by atoms with E-state index in [9.17, 15) is 4.39 Å². The number of benzene rings is 1. The largest absolute Gasteiger partial charge is 0.493 e. The molecule has 0 N–H and O–H groups in total. The number of likely N-dealkylation sites (tertiary alicyclic amines) is 1. The van der Waals surface area contributed by atoms with Gasteiger partial charge in [-0.1, -0.05) is 6.07 Å². The van der Waals surface area contributed by atoms with Crippen molar-refractivity contribution in [3.8, 4) is 5.75 Å². The molecule has 1 unspecified atom stereocenters. The third kappa shape index (κ3) is 4.07. The Hall–Kier alpha value is -1.88. The van der Waals surface area contributed by atoms with Gasteiger partial charge in [-0.15, -0.1) is 0 Å². The molecule has 1 aliphatic rings. The summed E-state index contributed by atoms with van der Waals surface area (Å²) in [6, 6.07) is 6.32. The van der Waals surface area contributed by atoms with Gasteiger partial charge in [0, 0.05) is 32.0 Å². The first kappa shape index (κ1) is 15.0. The minimum atomic E-state index is -0.260. The SMILES string of the molecule is Cc1nc(CN2CCCC(COc3cccc(F)c3)C2)co1. The molecule has 0 aliphatic carbocycles. The van der Waals surface area contributed by atoms with Crippen molar-refractivity contribution in [1.82, 2.24) is 9.88 Å². The molecule has 1 fully saturated rings. The lowest BCUT2D eigenvalue weighted by Gasteiger charge is -2.32. The predicted molar refractivity (Wildman–Crippen MR) is 81.1 cm³/mol. The average Bonchev–Trinajstić information content (AvgIpc) is 2.91. The fourth-order valence-electron chi connectivity index (χ4n) is 2.91. The molecule has 0 radical (unpaired) electrons. The molecule has 22 heavy (non-hydrogen) atoms. The number of rotatable bonds is 5. The number of halogens is 1. The van der Waals surface area contributed by atoms with Crippen LogP contribution >= 0.6 is 0 Å². The Bertz CT molecular complexity index is 614. The summed E-state index contributed by atoms with van der Waals surface area (Å²) in [6.45, 7) is 5.34. The van der Waals surface area contributed by atoms with Gasteiger partial charge >= 0.3 is 0 Å². The Kier molecular flexibility index (Phi) is 4.73. The maximum Gasteiger partial charge on any atom is 0.191 e. The summed E-state index contributed by atoms with van der Waals surface area (Å²) in [7, 11) is 0. The molecule has 3 rings (SSSR count). The van der Waals surface area contributed by atoms with Crippen molar-refractivity contribution in [3.05, 3.63) is 47.9 Å². The summed E-state index contributed by atoms with van der Waals surface area (Å²) in [5, 5.41) is 0. The van der Waals surface area contributed by atoms with Gasteiger partial charge in [-0.3, -0.25) is 4.90 Å². The highest BCUT2D eigenvalue weighted by molar-refractivity contribution is 5.22. The molecule has 0 spiro atoms. The number of aryl methyl sites for hydroxylation is 1. The molecule has 5 heteroatoms. The van der Waals surface area contributed by atoms with Crippen molar-refractivity contribution in [2.75, 3.05) is 19.7 Å². The number of ether oxygens (including phenoxy) is 1. The van der Waals surface area contributed by atoms with E-state index >= 15 is 0 Å². The van der Waals surface area contributed by atoms with Gasteiger partial charge in [-0.05, 0) is 31.5 Å². The standard InChI is InChI=1S/C17H21FN2O2/c1-13-19-16(12-21-13)10-20-7-3-4-14(9-20)11-22-17-6-2-5-15(18)8-17/h2,5-6,8,12,14H,3-4,7,9-11H2,1H3. The van der Waals surface area contributed by atoms with Gasteiger partial charge in [0.1, 0.15) is 17.8 Å². The van der Waals surface area contributed by atoms with Crippen LogP contribution < -0.4 is 4.74 Å². The van der Waals surface area contributed by atoms with E-state index in [0.717, 1.165) is 38.2 Å². The molecule has 1 saturated heterocycles. The summed E-state index contributed by atoms with van der Waals surface area (Å²) in [5.74, 6) is 1.51. The first-order chi connectivity index (χ1) is 10.7. The zero-order valence-corrected chi connectivity index (χ0v) is 12.8. The van der Waals surface area contributed by atoms with Crippen molar-refractivity contribution < 1.29 is 13.5 Å². The number of hydrogen-bond donors (Lipinski definition) is 0. The second-order valence-electron chi connectivity index (χ2n) is 5.87. The summed E-state index contributed by atoms with van der Waals surface area (Å²) >= 11 is 0. The molecular formula is C17H21FN2O2. The van der Waals surface area contributed by atoms with E-state index < -0.39 is 0 Å². The smallest absolute Gasteiger partial charge is 0.191 e. The quantitative estimate of drug-likeness (QED) is 0.848. The van der Waals surface area contributed by atoms with Gasteiger partial charge in [0.2, 0.25) is 0 Å². The number of piperidine rings is 1. The molecule has 1 aliphatic heterocycles. The lowest BCUT2D eigenvalue weighted by molar-refractivity contribution is 0.124. The van der Waals surface area contributed by atoms with Crippen molar-refractivity contribution in [1.29, 1.82) is 0 Å². The molecule has 4 nitrogen and oxygen atoms in total. The van der Waals surface area contributed by atoms with Crippen molar-refractivity contribution in [2.45, 2.75) is 26.3 Å². The van der Waals surface area contributed by atoms with Crippen molar-refractivity contribution >= 4 is 0 Å². The average molecular weight is 304 g/mol. The highest BCUT2D eigenvalue weighted by Crippen LogP contribution is 2.20. The predicted octanol–water partition coefficient (Wildman–Crippen LogP) is 3.41. The van der Waals surface area contributed by atoms with E-state index in [-0.39, 0.29) is 5.82 Å². The van der Waals surface area contributed by atoms with Crippen LogP contribution in [0.25, 0.3) is 0 Å². The Morgan fingerprint density at radius 2 is 2.36 bits per heavy atom. The minimum Gasteiger partial charge on any atom is -0.493 e. The monoisotopic (exact) mass is 304 g/mol. The van der Waals surface area contributed by atoms with Gasteiger partial charge in [0.15, 0.2) is 5.89 Å². The zero-order chi connectivity index (χ0) is 15.4. The Morgan fingerprint density at radius 1 is 1.45 bits per heavy atom. The maximum atomic E-state index is 13.1. The van der Waals surface area contributed by atoms with E-state index in [2.05, 4.69) is 9.88 Å². The number of hydrogen-bond acceptors (Lipinski definition) is 4. The Balaban J connectivity index is 1.50. The van der Waals surface area contributed by atoms with Crippen LogP contribution in [0, 0.1) is 18.7 Å². The fraction of sp³-hybridized carbons (Fsp3) is 0.471. The second-order valence-corrected chi connectivity index (χ2v) is 5.87. The van der Waals surface area contributed by atoms with Crippen LogP contribution in [0.4, 0.5) is 4.39 Å². The minimum absolute atomic E-state index is 0.260. The highest BCUT2D eigenvalue weighted by Gasteiger charge is 2.21. The number of aromatic nitrogens is 1. The lowest BCUT2D eigenvalue weighted by atomic mass is 9.99. The Labute approximate surface area is 129 Å². The molecule has 1 aromatic heterocycles. The van der Waals surface area contributed by atoms with Crippen molar-refractivity contribution in [2.24, 2.45) is 5.92 Å². The molecule has 0 saturated carbocycles. The summed E-state index contributed by atoms with van der Waals surface area (Å²) in [4.78, 5) is 6.73. The maximum absolute atomic E-state index is 13.1. The molecular weight excluding hydrogens is 283 g/mol. The first-order valence-corrected chi connectivity index (χ1v) is 7.71. The van der Waals surface area contributed by atoms with Gasteiger partial charge < -0.3 is 9.15 Å². The van der Waals surface area contributed by atoms with Crippen LogP contribution in [0.15, 0.2) is 34.9 Å². The molecule has 1 aromatic carbocycles. The molecule has 2 heterocycles. The summed E-state index contributed by atoms with van der Waals surface area (Å²) < 4.78 is 24.1. The van der Waals surface area contributed by atoms with Crippen LogP contribution in [-0.2, 0) is 6.54 Å². The zero-order valence-electron chi connectivity index (χ0n) is 12.8. The van der Waals surface area contributed by atoms with E-state index in [1.54, 1.807) is 18.4 Å². The lowest BCUT2D eigenvalue weighted by Crippen LogP contribution is -2.37. The second kappa shape index (κ2) is 6.92. The molecule has 0 amide bonds. The van der Waals surface area contributed by atoms with Crippen molar-refractivity contribution in [3.63, 3.8) is 0 Å². The topological polar surface area (TPSA) is 38.5 Å². The molecule has 118 valence electrons. The van der Waals surface area contributed by atoms with Crippen LogP contribution in [0.3, 0.4) is 0 Å². The number of oxazole rings is 1. The summed E-state index contributed by atoms with van der Waals surface area (Å²) in [5.41, 5.74) is 0.976. The third-order valence-corrected chi connectivity index (χ3v) is 3.94. The fourth-order valence-corrected chi connectivity index (χ4v) is 2.91. The van der Waals surface area contributed by atoms with Gasteiger partial charge in [-0.2, -0.15) is 0 Å². The first-order valence-electron chi connectivity index (χ1n) is 7.71. The van der Waals surface area contributed by atoms with E-state index in [4.69, 9.17) is 9.15 Å². The third-order valence-electron chi connectivity index (χ3n) is 3.94. The van der Waals surface area contributed by atoms with Crippen LogP contribution in [0.2, 0.25) is 0 Å². The highest BCUT2D eigenvalue weighted by atomic mass is 19.1. The van der Waals surface area contributed by atoms with Gasteiger partial charge in [0.25, 0.3) is 0 Å².